The van der Waals surface area contributed by atoms with Crippen LogP contribution in [0.15, 0.2) is 41.1 Å². The number of amides is 1. The molecule has 0 aliphatic carbocycles. The van der Waals surface area contributed by atoms with Crippen LogP contribution in [-0.2, 0) is 0 Å². The number of carbonyl (C=O) groups excluding carboxylic acids is 1. The standard InChI is InChI=1S/C12H10BrN3O/c1-8-2-3-10(13)6-11(8)16-12(17)9-4-5-14-15-7-9/h2-7H,1H3,(H,16,17). The Kier molecular flexibility index (Phi) is 3.49. The first-order chi connectivity index (χ1) is 8.16. The van der Waals surface area contributed by atoms with E-state index in [2.05, 4.69) is 31.4 Å². The second kappa shape index (κ2) is 5.05. The quantitative estimate of drug-likeness (QED) is 0.926. The van der Waals surface area contributed by atoms with Crippen LogP contribution in [0, 0.1) is 6.92 Å². The molecule has 5 heteroatoms. The van der Waals surface area contributed by atoms with E-state index in [4.69, 9.17) is 0 Å². The summed E-state index contributed by atoms with van der Waals surface area (Å²) in [5.41, 5.74) is 2.27. The Bertz CT molecular complexity index is 543. The van der Waals surface area contributed by atoms with Crippen molar-refractivity contribution in [1.29, 1.82) is 0 Å². The molecule has 1 amide bonds. The molecule has 1 heterocycles. The predicted molar refractivity (Wildman–Crippen MR) is 68.9 cm³/mol. The highest BCUT2D eigenvalue weighted by Crippen LogP contribution is 2.21. The number of hydrogen-bond acceptors (Lipinski definition) is 3. The van der Waals surface area contributed by atoms with E-state index in [9.17, 15) is 4.79 Å². The molecule has 1 N–H and O–H groups in total. The average Bonchev–Trinajstić information content (AvgIpc) is 2.35. The molecule has 0 atom stereocenters. The smallest absolute Gasteiger partial charge is 0.257 e. The van der Waals surface area contributed by atoms with Crippen molar-refractivity contribution in [2.24, 2.45) is 0 Å². The Morgan fingerprint density at radius 3 is 2.82 bits per heavy atom. The van der Waals surface area contributed by atoms with E-state index in [1.165, 1.54) is 12.4 Å². The van der Waals surface area contributed by atoms with Crippen LogP contribution < -0.4 is 5.32 Å². The van der Waals surface area contributed by atoms with E-state index < -0.39 is 0 Å². The van der Waals surface area contributed by atoms with Gasteiger partial charge in [-0.15, -0.1) is 0 Å². The van der Waals surface area contributed by atoms with Gasteiger partial charge in [-0.2, -0.15) is 10.2 Å². The van der Waals surface area contributed by atoms with Crippen LogP contribution in [-0.4, -0.2) is 16.1 Å². The van der Waals surface area contributed by atoms with Gasteiger partial charge in [0.05, 0.1) is 18.0 Å². The molecule has 0 saturated heterocycles. The van der Waals surface area contributed by atoms with Gasteiger partial charge in [0.25, 0.3) is 5.91 Å². The molecule has 86 valence electrons. The molecule has 17 heavy (non-hydrogen) atoms. The molecular formula is C12H10BrN3O. The molecule has 1 aromatic heterocycles. The van der Waals surface area contributed by atoms with Crippen molar-refractivity contribution in [1.82, 2.24) is 10.2 Å². The van der Waals surface area contributed by atoms with Crippen molar-refractivity contribution in [2.75, 3.05) is 5.32 Å². The number of aromatic nitrogens is 2. The number of carbonyl (C=O) groups is 1. The van der Waals surface area contributed by atoms with E-state index in [-0.39, 0.29) is 5.91 Å². The van der Waals surface area contributed by atoms with E-state index in [1.54, 1.807) is 6.07 Å². The maximum Gasteiger partial charge on any atom is 0.257 e. The number of rotatable bonds is 2. The van der Waals surface area contributed by atoms with Gasteiger partial charge in [-0.1, -0.05) is 22.0 Å². The van der Waals surface area contributed by atoms with Crippen LogP contribution in [0.25, 0.3) is 0 Å². The number of aryl methyl sites for hydroxylation is 1. The van der Waals surface area contributed by atoms with Gasteiger partial charge in [-0.25, -0.2) is 0 Å². The molecule has 0 saturated carbocycles. The van der Waals surface area contributed by atoms with Crippen molar-refractivity contribution >= 4 is 27.5 Å². The fourth-order valence-corrected chi connectivity index (χ4v) is 1.71. The molecule has 2 aromatic rings. The summed E-state index contributed by atoms with van der Waals surface area (Å²) in [7, 11) is 0. The lowest BCUT2D eigenvalue weighted by Crippen LogP contribution is -2.13. The minimum Gasteiger partial charge on any atom is -0.322 e. The van der Waals surface area contributed by atoms with Crippen molar-refractivity contribution in [3.8, 4) is 0 Å². The second-order valence-corrected chi connectivity index (χ2v) is 4.46. The van der Waals surface area contributed by atoms with Gasteiger partial charge in [0.1, 0.15) is 0 Å². The van der Waals surface area contributed by atoms with Crippen molar-refractivity contribution < 1.29 is 4.79 Å². The summed E-state index contributed by atoms with van der Waals surface area (Å²) >= 11 is 3.37. The van der Waals surface area contributed by atoms with Crippen LogP contribution in [0.5, 0.6) is 0 Å². The highest BCUT2D eigenvalue weighted by molar-refractivity contribution is 9.10. The number of anilines is 1. The first-order valence-corrected chi connectivity index (χ1v) is 5.80. The minimum atomic E-state index is -0.193. The Balaban J connectivity index is 2.22. The fraction of sp³-hybridized carbons (Fsp3) is 0.0833. The van der Waals surface area contributed by atoms with E-state index >= 15 is 0 Å². The van der Waals surface area contributed by atoms with Crippen molar-refractivity contribution in [3.63, 3.8) is 0 Å². The zero-order valence-electron chi connectivity index (χ0n) is 9.14. The van der Waals surface area contributed by atoms with Gasteiger partial charge < -0.3 is 5.32 Å². The monoisotopic (exact) mass is 291 g/mol. The molecule has 1 aromatic carbocycles. The summed E-state index contributed by atoms with van der Waals surface area (Å²) in [5, 5.41) is 10.1. The zero-order chi connectivity index (χ0) is 12.3. The maximum atomic E-state index is 11.9. The molecule has 0 spiro atoms. The maximum absolute atomic E-state index is 11.9. The molecule has 0 fully saturated rings. The molecule has 4 nitrogen and oxygen atoms in total. The highest BCUT2D eigenvalue weighted by Gasteiger charge is 2.07. The molecule has 0 aliphatic rings. The van der Waals surface area contributed by atoms with Crippen molar-refractivity contribution in [2.45, 2.75) is 6.92 Å². The van der Waals surface area contributed by atoms with Crippen LogP contribution in [0.3, 0.4) is 0 Å². The van der Waals surface area contributed by atoms with Gasteiger partial charge in [0, 0.05) is 10.2 Å². The summed E-state index contributed by atoms with van der Waals surface area (Å²) < 4.78 is 0.922. The van der Waals surface area contributed by atoms with Gasteiger partial charge in [0.2, 0.25) is 0 Å². The molecule has 0 radical (unpaired) electrons. The average molecular weight is 292 g/mol. The van der Waals surface area contributed by atoms with Gasteiger partial charge in [-0.3, -0.25) is 4.79 Å². The summed E-state index contributed by atoms with van der Waals surface area (Å²) in [6.45, 7) is 1.94. The van der Waals surface area contributed by atoms with E-state index in [0.29, 0.717) is 5.56 Å². The summed E-state index contributed by atoms with van der Waals surface area (Å²) in [6.07, 6.45) is 2.92. The van der Waals surface area contributed by atoms with Gasteiger partial charge >= 0.3 is 0 Å². The summed E-state index contributed by atoms with van der Waals surface area (Å²) in [5.74, 6) is -0.193. The number of nitrogens with one attached hydrogen (secondary N) is 1. The zero-order valence-corrected chi connectivity index (χ0v) is 10.7. The molecule has 0 aliphatic heterocycles. The van der Waals surface area contributed by atoms with Crippen LogP contribution in [0.4, 0.5) is 5.69 Å². The van der Waals surface area contributed by atoms with Crippen molar-refractivity contribution in [3.05, 3.63) is 52.3 Å². The van der Waals surface area contributed by atoms with Crippen LogP contribution in [0.1, 0.15) is 15.9 Å². The Morgan fingerprint density at radius 1 is 1.29 bits per heavy atom. The lowest BCUT2D eigenvalue weighted by molar-refractivity contribution is 0.102. The third kappa shape index (κ3) is 2.88. The molecular weight excluding hydrogens is 282 g/mol. The molecule has 0 bridgehead atoms. The van der Waals surface area contributed by atoms with E-state index in [0.717, 1.165) is 15.7 Å². The molecule has 2 rings (SSSR count). The third-order valence-electron chi connectivity index (χ3n) is 2.29. The highest BCUT2D eigenvalue weighted by atomic mass is 79.9. The first-order valence-electron chi connectivity index (χ1n) is 5.01. The van der Waals surface area contributed by atoms with Crippen LogP contribution >= 0.6 is 15.9 Å². The predicted octanol–water partition coefficient (Wildman–Crippen LogP) is 2.80. The van der Waals surface area contributed by atoms with Gasteiger partial charge in [-0.05, 0) is 30.7 Å². The minimum absolute atomic E-state index is 0.193. The Hall–Kier alpha value is -1.75. The lowest BCUT2D eigenvalue weighted by Gasteiger charge is -2.08. The number of halogens is 1. The van der Waals surface area contributed by atoms with Crippen LogP contribution in [0.2, 0.25) is 0 Å². The largest absolute Gasteiger partial charge is 0.322 e. The number of hydrogen-bond donors (Lipinski definition) is 1. The fourth-order valence-electron chi connectivity index (χ4n) is 1.35. The first kappa shape index (κ1) is 11.7. The SMILES string of the molecule is Cc1ccc(Br)cc1NC(=O)c1ccnnc1. The second-order valence-electron chi connectivity index (χ2n) is 3.54. The number of benzene rings is 1. The Labute approximate surface area is 107 Å². The normalized spacial score (nSPS) is 10.0. The lowest BCUT2D eigenvalue weighted by atomic mass is 10.2. The molecule has 0 unspecified atom stereocenters. The summed E-state index contributed by atoms with van der Waals surface area (Å²) in [4.78, 5) is 11.9. The van der Waals surface area contributed by atoms with E-state index in [1.807, 2.05) is 25.1 Å². The van der Waals surface area contributed by atoms with Gasteiger partial charge in [0.15, 0.2) is 0 Å². The number of nitrogens with zero attached hydrogens (tertiary/aromatic N) is 2. The Morgan fingerprint density at radius 2 is 2.12 bits per heavy atom. The topological polar surface area (TPSA) is 54.9 Å². The summed E-state index contributed by atoms with van der Waals surface area (Å²) in [6, 6.07) is 7.35. The third-order valence-corrected chi connectivity index (χ3v) is 2.79.